The predicted octanol–water partition coefficient (Wildman–Crippen LogP) is 9.53. The predicted molar refractivity (Wildman–Crippen MR) is 231 cm³/mol. The van der Waals surface area contributed by atoms with E-state index >= 15 is 0 Å². The summed E-state index contributed by atoms with van der Waals surface area (Å²) >= 11 is 0. The molecule has 0 aliphatic heterocycles. The van der Waals surface area contributed by atoms with E-state index in [0.29, 0.717) is 28.7 Å². The van der Waals surface area contributed by atoms with Crippen molar-refractivity contribution < 1.29 is 0 Å². The average molecular weight is 713 g/mol. The summed E-state index contributed by atoms with van der Waals surface area (Å²) in [6, 6.07) is 33.4. The summed E-state index contributed by atoms with van der Waals surface area (Å²) in [5.41, 5.74) is 37.8. The molecule has 5 aromatic rings. The second-order valence-electron chi connectivity index (χ2n) is 14.1. The van der Waals surface area contributed by atoms with Gasteiger partial charge in [0.05, 0.1) is 40.2 Å². The van der Waals surface area contributed by atoms with Crippen LogP contribution in [0.15, 0.2) is 147 Å². The van der Waals surface area contributed by atoms with Crippen LogP contribution in [0.2, 0.25) is 0 Å². The van der Waals surface area contributed by atoms with E-state index in [9.17, 15) is 0 Å². The molecule has 0 amide bonds. The Kier molecular flexibility index (Phi) is 11.7. The summed E-state index contributed by atoms with van der Waals surface area (Å²) in [5, 5.41) is 0. The minimum Gasteiger partial charge on any atom is -0.397 e. The number of hydrogen-bond donors (Lipinski definition) is 4. The largest absolute Gasteiger partial charge is 0.397 e. The molecule has 0 bridgehead atoms. The maximum absolute atomic E-state index is 6.64. The van der Waals surface area contributed by atoms with Crippen molar-refractivity contribution in [3.8, 4) is 0 Å². The van der Waals surface area contributed by atoms with E-state index < -0.39 is 0 Å². The van der Waals surface area contributed by atoms with Crippen LogP contribution in [0.4, 0.5) is 34.1 Å². The van der Waals surface area contributed by atoms with Crippen LogP contribution in [0.3, 0.4) is 0 Å². The molecule has 8 N–H and O–H groups in total. The molecule has 54 heavy (non-hydrogen) atoms. The van der Waals surface area contributed by atoms with Crippen molar-refractivity contribution >= 4 is 59.0 Å². The molecule has 8 nitrogen and oxygen atoms in total. The molecule has 0 saturated heterocycles. The molecule has 0 radical (unpaired) electrons. The Morgan fingerprint density at radius 1 is 0.574 bits per heavy atom. The van der Waals surface area contributed by atoms with E-state index in [-0.39, 0.29) is 18.0 Å². The molecule has 0 fully saturated rings. The fourth-order valence-electron chi connectivity index (χ4n) is 6.13. The monoisotopic (exact) mass is 712 g/mol. The van der Waals surface area contributed by atoms with Crippen LogP contribution < -0.4 is 22.9 Å². The highest BCUT2D eigenvalue weighted by Crippen LogP contribution is 2.33. The zero-order chi connectivity index (χ0) is 38.2. The van der Waals surface area contributed by atoms with Crippen LogP contribution in [0, 0.1) is 6.92 Å². The number of rotatable bonds is 11. The van der Waals surface area contributed by atoms with Gasteiger partial charge in [-0.3, -0.25) is 20.0 Å². The number of nitrogens with zero attached hydrogens (tertiary/aromatic N) is 4. The molecule has 3 unspecified atom stereocenters. The molecule has 0 heterocycles. The highest BCUT2D eigenvalue weighted by molar-refractivity contribution is 5.90. The second kappa shape index (κ2) is 17.0. The van der Waals surface area contributed by atoms with Gasteiger partial charge in [-0.05, 0) is 106 Å². The maximum Gasteiger partial charge on any atom is 0.0870 e. The number of anilines is 3. The van der Waals surface area contributed by atoms with Gasteiger partial charge in [0.15, 0.2) is 0 Å². The van der Waals surface area contributed by atoms with Gasteiger partial charge >= 0.3 is 0 Å². The summed E-state index contributed by atoms with van der Waals surface area (Å²) in [4.78, 5) is 18.9. The third-order valence-electron chi connectivity index (χ3n) is 9.50. The molecule has 0 saturated carbocycles. The number of nitrogens with two attached hydrogens (primary N) is 4. The van der Waals surface area contributed by atoms with Gasteiger partial charge in [-0.25, -0.2) is 0 Å². The lowest BCUT2D eigenvalue weighted by Crippen LogP contribution is -2.32. The Morgan fingerprint density at radius 2 is 1.06 bits per heavy atom. The Hall–Kier alpha value is -6.38. The van der Waals surface area contributed by atoms with Crippen LogP contribution in [0.1, 0.15) is 71.6 Å². The smallest absolute Gasteiger partial charge is 0.0870 e. The maximum atomic E-state index is 6.64. The van der Waals surface area contributed by atoms with Crippen LogP contribution in [-0.2, 0) is 0 Å². The van der Waals surface area contributed by atoms with Crippen molar-refractivity contribution in [2.75, 3.05) is 17.2 Å². The molecular weight excluding hydrogens is 665 g/mol. The fraction of sp³-hybridized carbons (Fsp3) is 0.174. The third kappa shape index (κ3) is 9.53. The van der Waals surface area contributed by atoms with E-state index in [4.69, 9.17) is 32.9 Å². The first-order chi connectivity index (χ1) is 26.0. The highest BCUT2D eigenvalue weighted by atomic mass is 14.8. The standard InChI is InChI=1S/C46H48N8/c1-29(2)36-12-16-40(48)45(23-36)53-27-34-9-6-10-35(21-34)28-54-46-24-38(13-17-41(46)49)31(4)37-14-18-43(42(50)22-37)51-25-32-7-5-8-33(20-32)26-52-44-19-30(3)11-15-39(44)47/h5-29,31,42-43H,47-50H2,1-4H3/b51-25+,52-26+,53-27+,54-28+. The van der Waals surface area contributed by atoms with Crippen LogP contribution in [0.25, 0.3) is 0 Å². The van der Waals surface area contributed by atoms with Crippen molar-refractivity contribution in [1.82, 2.24) is 0 Å². The summed E-state index contributed by atoms with van der Waals surface area (Å²) < 4.78 is 0. The molecule has 272 valence electrons. The van der Waals surface area contributed by atoms with E-state index in [0.717, 1.165) is 50.3 Å². The number of aliphatic imine (C=N–C) groups is 4. The van der Waals surface area contributed by atoms with Gasteiger partial charge < -0.3 is 22.9 Å². The van der Waals surface area contributed by atoms with Gasteiger partial charge in [0.1, 0.15) is 0 Å². The molecule has 8 heteroatoms. The van der Waals surface area contributed by atoms with Gasteiger partial charge in [-0.15, -0.1) is 0 Å². The molecule has 6 rings (SSSR count). The van der Waals surface area contributed by atoms with Crippen LogP contribution in [0.5, 0.6) is 0 Å². The minimum atomic E-state index is -0.268. The first-order valence-electron chi connectivity index (χ1n) is 18.2. The topological polar surface area (TPSA) is 154 Å². The molecule has 1 aliphatic rings. The summed E-state index contributed by atoms with van der Waals surface area (Å²) in [5.74, 6) is 0.471. The molecular formula is C46H48N8. The van der Waals surface area contributed by atoms with Gasteiger partial charge in [0.2, 0.25) is 0 Å². The van der Waals surface area contributed by atoms with E-state index in [1.807, 2.05) is 135 Å². The highest BCUT2D eigenvalue weighted by Gasteiger charge is 2.20. The molecule has 0 aromatic heterocycles. The first kappa shape index (κ1) is 37.4. The molecule has 5 aromatic carbocycles. The lowest BCUT2D eigenvalue weighted by molar-refractivity contribution is 0.688. The van der Waals surface area contributed by atoms with Gasteiger partial charge in [0, 0.05) is 36.8 Å². The molecule has 3 atom stereocenters. The number of allylic oxidation sites excluding steroid dienone is 2. The van der Waals surface area contributed by atoms with E-state index in [1.165, 1.54) is 5.56 Å². The Morgan fingerprint density at radius 3 is 1.59 bits per heavy atom. The number of hydrogen-bond acceptors (Lipinski definition) is 8. The zero-order valence-electron chi connectivity index (χ0n) is 31.3. The average Bonchev–Trinajstić information content (AvgIpc) is 3.17. The Labute approximate surface area is 318 Å². The van der Waals surface area contributed by atoms with Crippen molar-refractivity contribution in [2.24, 2.45) is 25.7 Å². The lowest BCUT2D eigenvalue weighted by atomic mass is 9.87. The van der Waals surface area contributed by atoms with Crippen molar-refractivity contribution in [1.29, 1.82) is 0 Å². The number of benzene rings is 5. The Balaban J connectivity index is 1.10. The Bertz CT molecular complexity index is 2310. The van der Waals surface area contributed by atoms with E-state index in [1.54, 1.807) is 0 Å². The van der Waals surface area contributed by atoms with Gasteiger partial charge in [-0.1, -0.05) is 93.6 Å². The van der Waals surface area contributed by atoms with Crippen molar-refractivity contribution in [2.45, 2.75) is 51.6 Å². The van der Waals surface area contributed by atoms with Gasteiger partial charge in [-0.2, -0.15) is 0 Å². The lowest BCUT2D eigenvalue weighted by Gasteiger charge is -2.23. The molecule has 0 spiro atoms. The second-order valence-corrected chi connectivity index (χ2v) is 14.1. The van der Waals surface area contributed by atoms with Crippen LogP contribution >= 0.6 is 0 Å². The summed E-state index contributed by atoms with van der Waals surface area (Å²) in [6.45, 7) is 8.49. The number of aryl methyl sites for hydroxylation is 1. The van der Waals surface area contributed by atoms with E-state index in [2.05, 4.69) is 49.0 Å². The minimum absolute atomic E-state index is 0.0753. The van der Waals surface area contributed by atoms with Crippen LogP contribution in [-0.4, -0.2) is 36.9 Å². The first-order valence-corrected chi connectivity index (χ1v) is 18.2. The SMILES string of the molecule is Cc1ccc(N)c(/N=C/c2cccc(/C=N/C3C=CC(C(C)c4ccc(N)c(/N=C/c5cccc(/C=N/c6cc(C(C)C)ccc6N)c5)c4)=CC3N)c2)c1. The summed E-state index contributed by atoms with van der Waals surface area (Å²) in [7, 11) is 0. The molecule has 1 aliphatic carbocycles. The van der Waals surface area contributed by atoms with Gasteiger partial charge in [0.25, 0.3) is 0 Å². The van der Waals surface area contributed by atoms with Crippen molar-refractivity contribution in [3.63, 3.8) is 0 Å². The summed E-state index contributed by atoms with van der Waals surface area (Å²) in [6.07, 6.45) is 13.6. The third-order valence-corrected chi connectivity index (χ3v) is 9.50. The normalized spacial score (nSPS) is 16.7. The number of nitrogen functional groups attached to an aromatic ring is 3. The zero-order valence-corrected chi connectivity index (χ0v) is 31.3. The quantitative estimate of drug-likeness (QED) is 0.0796. The fourth-order valence-corrected chi connectivity index (χ4v) is 6.13. The van der Waals surface area contributed by atoms with Crippen molar-refractivity contribution in [3.05, 3.63) is 166 Å².